The number of nitrogens with zero attached hydrogens (tertiary/aromatic N) is 3. The summed E-state index contributed by atoms with van der Waals surface area (Å²) in [5, 5.41) is 15.4. The molecule has 0 spiro atoms. The number of aryl methyl sites for hydroxylation is 2. The number of carbonyl (C=O) groups excluding carboxylic acids is 1. The lowest BCUT2D eigenvalue weighted by Gasteiger charge is -2.10. The number of thioether (sulfide) groups is 1. The highest BCUT2D eigenvalue weighted by molar-refractivity contribution is 7.99. The highest BCUT2D eigenvalue weighted by atomic mass is 35.5. The van der Waals surface area contributed by atoms with Crippen LogP contribution in [0.15, 0.2) is 53.0 Å². The summed E-state index contributed by atoms with van der Waals surface area (Å²) in [7, 11) is 0. The minimum atomic E-state index is -0.178. The van der Waals surface area contributed by atoms with E-state index in [2.05, 4.69) is 65.9 Å². The predicted octanol–water partition coefficient (Wildman–Crippen LogP) is 7.35. The van der Waals surface area contributed by atoms with E-state index in [-0.39, 0.29) is 11.7 Å². The van der Waals surface area contributed by atoms with Crippen molar-refractivity contribution in [1.29, 1.82) is 0 Å². The average Bonchev–Trinajstić information content (AvgIpc) is 3.37. The van der Waals surface area contributed by atoms with E-state index in [1.165, 1.54) is 27.8 Å². The molecule has 4 rings (SSSR count). The summed E-state index contributed by atoms with van der Waals surface area (Å²) >= 11 is 15.1. The van der Waals surface area contributed by atoms with Crippen molar-refractivity contribution in [3.8, 4) is 22.5 Å². The molecule has 2 aromatic heterocycles. The molecule has 0 bridgehead atoms. The molecule has 0 aliphatic carbocycles. The standard InChI is InChI=1S/C24H22Cl2N4OS2/c1-4-30-23(18-12-32-15(3)22(18)16-7-5-14(2)6-8-16)28-29-24(30)33-13-21(31)27-20-10-9-17(25)11-19(20)26/h5-12H,4,13H2,1-3H3,(H,27,31). The van der Waals surface area contributed by atoms with Gasteiger partial charge in [0.2, 0.25) is 5.91 Å². The predicted molar refractivity (Wildman–Crippen MR) is 140 cm³/mol. The zero-order valence-corrected chi connectivity index (χ0v) is 21.5. The molecule has 4 aromatic rings. The number of rotatable bonds is 7. The first-order valence-corrected chi connectivity index (χ1v) is 13.0. The van der Waals surface area contributed by atoms with Gasteiger partial charge in [0.1, 0.15) is 0 Å². The molecule has 9 heteroatoms. The first-order chi connectivity index (χ1) is 15.9. The summed E-state index contributed by atoms with van der Waals surface area (Å²) in [6.07, 6.45) is 0. The number of benzene rings is 2. The third-order valence-corrected chi connectivity index (χ3v) is 7.55. The number of anilines is 1. The third-order valence-electron chi connectivity index (χ3n) is 5.13. The average molecular weight is 518 g/mol. The summed E-state index contributed by atoms with van der Waals surface area (Å²) in [5.41, 5.74) is 5.14. The van der Waals surface area contributed by atoms with Crippen LogP contribution >= 0.6 is 46.3 Å². The van der Waals surface area contributed by atoms with E-state index >= 15 is 0 Å². The Morgan fingerprint density at radius 3 is 2.58 bits per heavy atom. The summed E-state index contributed by atoms with van der Waals surface area (Å²) in [4.78, 5) is 13.7. The normalized spacial score (nSPS) is 11.1. The highest BCUT2D eigenvalue weighted by Gasteiger charge is 2.20. The minimum absolute atomic E-state index is 0.178. The molecule has 170 valence electrons. The quantitative estimate of drug-likeness (QED) is 0.261. The van der Waals surface area contributed by atoms with Gasteiger partial charge in [-0.05, 0) is 44.5 Å². The van der Waals surface area contributed by atoms with Crippen molar-refractivity contribution in [3.63, 3.8) is 0 Å². The second-order valence-corrected chi connectivity index (χ2v) is 10.3. The van der Waals surface area contributed by atoms with Crippen LogP contribution in [0.4, 0.5) is 5.69 Å². The zero-order chi connectivity index (χ0) is 23.5. The number of carbonyl (C=O) groups is 1. The molecule has 0 fully saturated rings. The Balaban J connectivity index is 1.55. The maximum Gasteiger partial charge on any atom is 0.234 e. The molecule has 1 N–H and O–H groups in total. The summed E-state index contributed by atoms with van der Waals surface area (Å²) in [6, 6.07) is 13.5. The van der Waals surface area contributed by atoms with Crippen LogP contribution in [-0.2, 0) is 11.3 Å². The lowest BCUT2D eigenvalue weighted by molar-refractivity contribution is -0.113. The maximum atomic E-state index is 12.5. The van der Waals surface area contributed by atoms with Crippen molar-refractivity contribution in [1.82, 2.24) is 14.8 Å². The van der Waals surface area contributed by atoms with Crippen LogP contribution in [0.5, 0.6) is 0 Å². The smallest absolute Gasteiger partial charge is 0.234 e. The number of aromatic nitrogens is 3. The lowest BCUT2D eigenvalue weighted by Crippen LogP contribution is -2.15. The number of nitrogens with one attached hydrogen (secondary N) is 1. The molecular formula is C24H22Cl2N4OS2. The maximum absolute atomic E-state index is 12.5. The van der Waals surface area contributed by atoms with Gasteiger partial charge in [-0.3, -0.25) is 4.79 Å². The van der Waals surface area contributed by atoms with Crippen LogP contribution in [-0.4, -0.2) is 26.4 Å². The van der Waals surface area contributed by atoms with Crippen LogP contribution in [0.2, 0.25) is 10.0 Å². The van der Waals surface area contributed by atoms with Crippen LogP contribution in [0.3, 0.4) is 0 Å². The molecule has 0 saturated heterocycles. The Hall–Kier alpha value is -2.32. The molecule has 33 heavy (non-hydrogen) atoms. The van der Waals surface area contributed by atoms with Gasteiger partial charge in [-0.25, -0.2) is 0 Å². The van der Waals surface area contributed by atoms with Gasteiger partial charge in [-0.1, -0.05) is 64.8 Å². The van der Waals surface area contributed by atoms with E-state index in [9.17, 15) is 4.79 Å². The molecule has 0 saturated carbocycles. The van der Waals surface area contributed by atoms with Crippen LogP contribution in [0.1, 0.15) is 17.4 Å². The van der Waals surface area contributed by atoms with Gasteiger partial charge < -0.3 is 9.88 Å². The van der Waals surface area contributed by atoms with Crippen molar-refractivity contribution in [3.05, 3.63) is 68.3 Å². The number of halogens is 2. The van der Waals surface area contributed by atoms with E-state index < -0.39 is 0 Å². The molecule has 0 aliphatic rings. The topological polar surface area (TPSA) is 59.8 Å². The molecule has 2 aromatic carbocycles. The largest absolute Gasteiger partial charge is 0.324 e. The summed E-state index contributed by atoms with van der Waals surface area (Å²) in [5.74, 6) is 0.814. The van der Waals surface area contributed by atoms with E-state index in [1.54, 1.807) is 29.5 Å². The minimum Gasteiger partial charge on any atom is -0.324 e. The zero-order valence-electron chi connectivity index (χ0n) is 18.4. The number of thiophene rings is 1. The van der Waals surface area contributed by atoms with Crippen molar-refractivity contribution >= 4 is 57.9 Å². The monoisotopic (exact) mass is 516 g/mol. The number of amides is 1. The second kappa shape index (κ2) is 10.3. The van der Waals surface area contributed by atoms with Gasteiger partial charge in [0.25, 0.3) is 0 Å². The molecular weight excluding hydrogens is 495 g/mol. The number of hydrogen-bond donors (Lipinski definition) is 1. The van der Waals surface area contributed by atoms with Crippen molar-refractivity contribution in [2.45, 2.75) is 32.5 Å². The number of hydrogen-bond acceptors (Lipinski definition) is 5. The van der Waals surface area contributed by atoms with Crippen molar-refractivity contribution < 1.29 is 4.79 Å². The van der Waals surface area contributed by atoms with Gasteiger partial charge in [0.05, 0.1) is 16.5 Å². The van der Waals surface area contributed by atoms with Gasteiger partial charge in [0.15, 0.2) is 11.0 Å². The van der Waals surface area contributed by atoms with Gasteiger partial charge in [-0.2, -0.15) is 0 Å². The Bertz CT molecular complexity index is 1300. The molecule has 0 unspecified atom stereocenters. The first-order valence-electron chi connectivity index (χ1n) is 10.3. The molecule has 0 atom stereocenters. The Morgan fingerprint density at radius 2 is 1.88 bits per heavy atom. The van der Waals surface area contributed by atoms with Crippen LogP contribution in [0, 0.1) is 13.8 Å². The van der Waals surface area contributed by atoms with Gasteiger partial charge in [0, 0.05) is 33.0 Å². The fourth-order valence-electron chi connectivity index (χ4n) is 3.49. The summed E-state index contributed by atoms with van der Waals surface area (Å²) in [6.45, 7) is 6.95. The highest BCUT2D eigenvalue weighted by Crippen LogP contribution is 2.39. The van der Waals surface area contributed by atoms with Crippen LogP contribution < -0.4 is 5.32 Å². The molecule has 0 aliphatic heterocycles. The SMILES string of the molecule is CCn1c(SCC(=O)Nc2ccc(Cl)cc2Cl)nnc1-c1csc(C)c1-c1ccc(C)cc1. The van der Waals surface area contributed by atoms with Crippen molar-refractivity contribution in [2.24, 2.45) is 0 Å². The molecule has 0 radical (unpaired) electrons. The molecule has 1 amide bonds. The third kappa shape index (κ3) is 5.27. The Morgan fingerprint density at radius 1 is 1.12 bits per heavy atom. The van der Waals surface area contributed by atoms with Gasteiger partial charge in [-0.15, -0.1) is 21.5 Å². The Labute approximate surface area is 211 Å². The summed E-state index contributed by atoms with van der Waals surface area (Å²) < 4.78 is 2.05. The second-order valence-electron chi connectivity index (χ2n) is 7.46. The fourth-order valence-corrected chi connectivity index (χ4v) is 5.61. The molecule has 5 nitrogen and oxygen atoms in total. The lowest BCUT2D eigenvalue weighted by atomic mass is 10.0. The fraction of sp³-hybridized carbons (Fsp3) is 0.208. The van der Waals surface area contributed by atoms with E-state index in [0.717, 1.165) is 17.0 Å². The van der Waals surface area contributed by atoms with E-state index in [0.29, 0.717) is 27.4 Å². The molecule has 2 heterocycles. The van der Waals surface area contributed by atoms with Crippen LogP contribution in [0.25, 0.3) is 22.5 Å². The van der Waals surface area contributed by atoms with E-state index in [4.69, 9.17) is 23.2 Å². The van der Waals surface area contributed by atoms with Crippen molar-refractivity contribution in [2.75, 3.05) is 11.1 Å². The first kappa shape index (κ1) is 23.8. The van der Waals surface area contributed by atoms with Gasteiger partial charge >= 0.3 is 0 Å². The van der Waals surface area contributed by atoms with E-state index in [1.807, 2.05) is 4.57 Å². The Kier molecular flexibility index (Phi) is 7.44.